The van der Waals surface area contributed by atoms with E-state index in [1.165, 1.54) is 37.5 Å². The number of nitrogens with one attached hydrogen (secondary N) is 1. The number of benzene rings is 1. The van der Waals surface area contributed by atoms with Gasteiger partial charge in [-0.3, -0.25) is 4.79 Å². The van der Waals surface area contributed by atoms with E-state index in [1.807, 2.05) is 0 Å². The first-order valence-electron chi connectivity index (χ1n) is 9.46. The topological polar surface area (TPSA) is 38.3 Å². The van der Waals surface area contributed by atoms with Crippen molar-refractivity contribution in [3.8, 4) is 0 Å². The lowest BCUT2D eigenvalue weighted by molar-refractivity contribution is -0.129. The molecule has 2 aliphatic carbocycles. The number of halogens is 2. The zero-order valence-corrected chi connectivity index (χ0v) is 14.4. The molecular weight excluding hydrogens is 324 g/mol. The summed E-state index contributed by atoms with van der Waals surface area (Å²) in [7, 11) is 0. The molecule has 0 bridgehead atoms. The number of hydrogen-bond acceptors (Lipinski definition) is 2. The predicted molar refractivity (Wildman–Crippen MR) is 90.1 cm³/mol. The van der Waals surface area contributed by atoms with Crippen molar-refractivity contribution in [3.63, 3.8) is 0 Å². The van der Waals surface area contributed by atoms with Crippen LogP contribution in [0, 0.1) is 17.6 Å². The van der Waals surface area contributed by atoms with Crippen LogP contribution in [0.2, 0.25) is 0 Å². The molecule has 25 heavy (non-hydrogen) atoms. The van der Waals surface area contributed by atoms with Gasteiger partial charge in [-0.25, -0.2) is 8.78 Å². The number of ether oxygens (including phenoxy) is 1. The van der Waals surface area contributed by atoms with E-state index < -0.39 is 11.6 Å². The van der Waals surface area contributed by atoms with E-state index in [1.54, 1.807) is 0 Å². The van der Waals surface area contributed by atoms with Crippen molar-refractivity contribution >= 4 is 5.91 Å². The predicted octanol–water partition coefficient (Wildman–Crippen LogP) is 4.07. The third kappa shape index (κ3) is 3.43. The molecule has 5 heteroatoms. The Balaban J connectivity index is 1.37. The molecule has 0 radical (unpaired) electrons. The van der Waals surface area contributed by atoms with Crippen molar-refractivity contribution in [2.24, 2.45) is 5.92 Å². The first-order valence-corrected chi connectivity index (χ1v) is 9.46. The van der Waals surface area contributed by atoms with Crippen LogP contribution in [0.4, 0.5) is 8.78 Å². The van der Waals surface area contributed by atoms with Gasteiger partial charge in [-0.2, -0.15) is 0 Å². The molecule has 3 nitrogen and oxygen atoms in total. The fourth-order valence-electron chi connectivity index (χ4n) is 4.67. The third-order valence-electron chi connectivity index (χ3n) is 6.10. The molecule has 1 amide bonds. The Morgan fingerprint density at radius 3 is 2.60 bits per heavy atom. The highest BCUT2D eigenvalue weighted by atomic mass is 19.1. The van der Waals surface area contributed by atoms with Gasteiger partial charge < -0.3 is 10.1 Å². The van der Waals surface area contributed by atoms with Gasteiger partial charge in [0.2, 0.25) is 5.91 Å². The quantitative estimate of drug-likeness (QED) is 0.893. The van der Waals surface area contributed by atoms with Gasteiger partial charge in [0, 0.05) is 30.0 Å². The van der Waals surface area contributed by atoms with Gasteiger partial charge in [-0.05, 0) is 44.2 Å². The Morgan fingerprint density at radius 1 is 1.16 bits per heavy atom. The molecule has 1 aromatic carbocycles. The second-order valence-corrected chi connectivity index (χ2v) is 7.87. The van der Waals surface area contributed by atoms with Crippen molar-refractivity contribution in [2.45, 2.75) is 68.9 Å². The number of hydrogen-bond donors (Lipinski definition) is 1. The molecule has 136 valence electrons. The van der Waals surface area contributed by atoms with Crippen LogP contribution in [0.1, 0.15) is 62.8 Å². The second-order valence-electron chi connectivity index (χ2n) is 7.87. The lowest BCUT2D eigenvalue weighted by Crippen LogP contribution is -2.49. The van der Waals surface area contributed by atoms with Crippen LogP contribution < -0.4 is 5.32 Å². The van der Waals surface area contributed by atoms with Crippen LogP contribution in [-0.2, 0) is 9.53 Å². The van der Waals surface area contributed by atoms with E-state index in [0.717, 1.165) is 25.7 Å². The molecule has 3 aliphatic rings. The Bertz CT molecular complexity index is 631. The van der Waals surface area contributed by atoms with Gasteiger partial charge in [0.15, 0.2) is 0 Å². The summed E-state index contributed by atoms with van der Waals surface area (Å²) in [4.78, 5) is 12.6. The molecule has 1 aromatic rings. The maximum Gasteiger partial charge on any atom is 0.223 e. The van der Waals surface area contributed by atoms with Crippen LogP contribution in [0.5, 0.6) is 0 Å². The van der Waals surface area contributed by atoms with Crippen LogP contribution in [-0.4, -0.2) is 24.2 Å². The maximum absolute atomic E-state index is 13.9. The van der Waals surface area contributed by atoms with Crippen LogP contribution in [0.3, 0.4) is 0 Å². The lowest BCUT2D eigenvalue weighted by Gasteiger charge is -2.43. The van der Waals surface area contributed by atoms with Crippen molar-refractivity contribution in [2.75, 3.05) is 6.61 Å². The summed E-state index contributed by atoms with van der Waals surface area (Å²) in [5.41, 5.74) is 0.00747. The molecule has 0 aromatic heterocycles. The standard InChI is InChI=1S/C20H25F2NO2/c21-16-5-4-6-17(22)18(16)14-11-15(14)19(24)23-13-7-10-25-20(12-13)8-2-1-3-9-20/h4-6,13-15H,1-3,7-12H2,(H,23,24)/t13-,14-,15-/m1/s1. The van der Waals surface area contributed by atoms with E-state index in [-0.39, 0.29) is 34.9 Å². The Labute approximate surface area is 147 Å². The van der Waals surface area contributed by atoms with Crippen molar-refractivity contribution in [1.82, 2.24) is 5.32 Å². The van der Waals surface area contributed by atoms with Gasteiger partial charge >= 0.3 is 0 Å². The number of amides is 1. The first-order chi connectivity index (χ1) is 12.1. The molecule has 1 spiro atoms. The highest BCUT2D eigenvalue weighted by Crippen LogP contribution is 2.49. The van der Waals surface area contributed by atoms with Crippen LogP contribution in [0.15, 0.2) is 18.2 Å². The molecule has 4 rings (SSSR count). The molecule has 1 heterocycles. The fraction of sp³-hybridized carbons (Fsp3) is 0.650. The summed E-state index contributed by atoms with van der Waals surface area (Å²) < 4.78 is 33.8. The normalized spacial score (nSPS) is 30.9. The molecule has 0 unspecified atom stereocenters. The average molecular weight is 349 g/mol. The third-order valence-corrected chi connectivity index (χ3v) is 6.10. The summed E-state index contributed by atoms with van der Waals surface area (Å²) in [6.45, 7) is 0.682. The summed E-state index contributed by atoms with van der Waals surface area (Å²) in [5, 5.41) is 3.13. The highest BCUT2D eigenvalue weighted by molar-refractivity contribution is 5.83. The Kier molecular flexibility index (Phi) is 4.52. The van der Waals surface area contributed by atoms with E-state index in [9.17, 15) is 13.6 Å². The maximum atomic E-state index is 13.9. The summed E-state index contributed by atoms with van der Waals surface area (Å²) >= 11 is 0. The second kappa shape index (κ2) is 6.67. The zero-order valence-electron chi connectivity index (χ0n) is 14.4. The van der Waals surface area contributed by atoms with Crippen LogP contribution in [0.25, 0.3) is 0 Å². The van der Waals surface area contributed by atoms with Crippen molar-refractivity contribution < 1.29 is 18.3 Å². The van der Waals surface area contributed by atoms with Crippen molar-refractivity contribution in [3.05, 3.63) is 35.4 Å². The smallest absolute Gasteiger partial charge is 0.223 e. The highest BCUT2D eigenvalue weighted by Gasteiger charge is 2.48. The lowest BCUT2D eigenvalue weighted by atomic mass is 9.78. The Hall–Kier alpha value is -1.49. The number of carbonyl (C=O) groups is 1. The molecule has 3 atom stereocenters. The van der Waals surface area contributed by atoms with E-state index >= 15 is 0 Å². The van der Waals surface area contributed by atoms with Gasteiger partial charge in [0.1, 0.15) is 11.6 Å². The number of carbonyl (C=O) groups excluding carboxylic acids is 1. The van der Waals surface area contributed by atoms with E-state index in [0.29, 0.717) is 13.0 Å². The monoisotopic (exact) mass is 349 g/mol. The Morgan fingerprint density at radius 2 is 1.88 bits per heavy atom. The first kappa shape index (κ1) is 17.0. The molecule has 1 N–H and O–H groups in total. The number of rotatable bonds is 3. The van der Waals surface area contributed by atoms with Gasteiger partial charge in [-0.1, -0.05) is 25.3 Å². The zero-order chi connectivity index (χ0) is 17.4. The molecule has 1 saturated heterocycles. The van der Waals surface area contributed by atoms with Gasteiger partial charge in [0.05, 0.1) is 5.60 Å². The fourth-order valence-corrected chi connectivity index (χ4v) is 4.67. The van der Waals surface area contributed by atoms with Crippen molar-refractivity contribution in [1.29, 1.82) is 0 Å². The van der Waals surface area contributed by atoms with Gasteiger partial charge in [-0.15, -0.1) is 0 Å². The average Bonchev–Trinajstić information content (AvgIpc) is 3.36. The minimum absolute atomic E-state index is 0.0605. The summed E-state index contributed by atoms with van der Waals surface area (Å²) in [5.74, 6) is -1.80. The van der Waals surface area contributed by atoms with E-state index in [4.69, 9.17) is 4.74 Å². The van der Waals surface area contributed by atoms with E-state index in [2.05, 4.69) is 5.32 Å². The molecule has 1 aliphatic heterocycles. The molecule has 2 saturated carbocycles. The SMILES string of the molecule is O=C(N[C@@H]1CCOC2(CCCCC2)C1)[C@@H]1C[C@H]1c1c(F)cccc1F. The molecular formula is C20H25F2NO2. The van der Waals surface area contributed by atoms with Gasteiger partial charge in [0.25, 0.3) is 0 Å². The minimum Gasteiger partial charge on any atom is -0.375 e. The van der Waals surface area contributed by atoms with Crippen LogP contribution >= 0.6 is 0 Å². The minimum atomic E-state index is -0.549. The summed E-state index contributed by atoms with van der Waals surface area (Å²) in [6, 6.07) is 4.00. The molecule has 3 fully saturated rings. The largest absolute Gasteiger partial charge is 0.375 e. The summed E-state index contributed by atoms with van der Waals surface area (Å²) in [6.07, 6.45) is 8.01.